The van der Waals surface area contributed by atoms with Crippen molar-refractivity contribution in [3.05, 3.63) is 42.5 Å². The zero-order valence-electron chi connectivity index (χ0n) is 12.8. The van der Waals surface area contributed by atoms with Gasteiger partial charge < -0.3 is 10.6 Å². The Morgan fingerprint density at radius 3 is 2.55 bits per heavy atom. The van der Waals surface area contributed by atoms with E-state index in [1.165, 1.54) is 0 Å². The summed E-state index contributed by atoms with van der Waals surface area (Å²) < 4.78 is 24.4. The zero-order valence-corrected chi connectivity index (χ0v) is 13.6. The molecule has 0 saturated heterocycles. The summed E-state index contributed by atoms with van der Waals surface area (Å²) in [4.78, 5) is 4.73. The van der Waals surface area contributed by atoms with Crippen molar-refractivity contribution in [3.63, 3.8) is 0 Å². The lowest BCUT2D eigenvalue weighted by Crippen LogP contribution is -2.42. The van der Waals surface area contributed by atoms with Gasteiger partial charge in [-0.1, -0.05) is 30.4 Å². The summed E-state index contributed by atoms with van der Waals surface area (Å²) in [5, 5.41) is 6.48. The lowest BCUT2D eigenvalue weighted by atomic mass is 10.2. The van der Waals surface area contributed by atoms with Gasteiger partial charge >= 0.3 is 0 Å². The number of hydrogen-bond acceptors (Lipinski definition) is 3. The topological polar surface area (TPSA) is 70.6 Å². The summed E-state index contributed by atoms with van der Waals surface area (Å²) in [6.07, 6.45) is 6.24. The summed E-state index contributed by atoms with van der Waals surface area (Å²) in [6, 6.07) is 8.85. The maximum absolute atomic E-state index is 12.2. The van der Waals surface area contributed by atoms with E-state index in [4.69, 9.17) is 0 Å². The third-order valence-corrected chi connectivity index (χ3v) is 5.14. The molecule has 0 aromatic heterocycles. The molecule has 0 unspecified atom stereocenters. The van der Waals surface area contributed by atoms with Crippen molar-refractivity contribution in [2.45, 2.75) is 30.7 Å². The largest absolute Gasteiger partial charge is 0.357 e. The Labute approximate surface area is 132 Å². The minimum Gasteiger partial charge on any atom is -0.357 e. The van der Waals surface area contributed by atoms with Gasteiger partial charge in [0, 0.05) is 12.6 Å². The average Bonchev–Trinajstić information content (AvgIpc) is 3.01. The third kappa shape index (κ3) is 4.87. The molecule has 2 N–H and O–H groups in total. The molecule has 0 spiro atoms. The Kier molecular flexibility index (Phi) is 6.00. The molecule has 0 heterocycles. The van der Waals surface area contributed by atoms with Gasteiger partial charge in [0.2, 0.25) is 0 Å². The van der Waals surface area contributed by atoms with Crippen molar-refractivity contribution >= 4 is 15.8 Å². The number of nitrogens with zero attached hydrogens (tertiary/aromatic N) is 1. The van der Waals surface area contributed by atoms with Gasteiger partial charge in [-0.05, 0) is 31.9 Å². The number of guanidine groups is 1. The van der Waals surface area contributed by atoms with Gasteiger partial charge in [0.05, 0.1) is 17.2 Å². The van der Waals surface area contributed by atoms with Crippen LogP contribution in [0.3, 0.4) is 0 Å². The van der Waals surface area contributed by atoms with E-state index >= 15 is 0 Å². The van der Waals surface area contributed by atoms with Crippen LogP contribution < -0.4 is 10.6 Å². The molecule has 22 heavy (non-hydrogen) atoms. The van der Waals surface area contributed by atoms with Crippen LogP contribution in [0.4, 0.5) is 0 Å². The Hall–Kier alpha value is -1.82. The first-order valence-corrected chi connectivity index (χ1v) is 9.24. The van der Waals surface area contributed by atoms with Crippen molar-refractivity contribution in [2.75, 3.05) is 18.8 Å². The number of benzene rings is 1. The Morgan fingerprint density at radius 2 is 1.91 bits per heavy atom. The van der Waals surface area contributed by atoms with E-state index in [2.05, 4.69) is 27.8 Å². The number of aliphatic imine (C=N–C) groups is 1. The molecule has 0 aliphatic heterocycles. The number of rotatable bonds is 6. The highest BCUT2D eigenvalue weighted by Gasteiger charge is 2.14. The van der Waals surface area contributed by atoms with Crippen molar-refractivity contribution < 1.29 is 8.42 Å². The minimum absolute atomic E-state index is 0.0104. The van der Waals surface area contributed by atoms with Crippen molar-refractivity contribution in [3.8, 4) is 0 Å². The van der Waals surface area contributed by atoms with Crippen molar-refractivity contribution in [1.82, 2.24) is 10.6 Å². The lowest BCUT2D eigenvalue weighted by Gasteiger charge is -2.16. The minimum atomic E-state index is -3.27. The molecule has 0 radical (unpaired) electrons. The molecule has 120 valence electrons. The summed E-state index contributed by atoms with van der Waals surface area (Å²) in [6.45, 7) is 2.98. The molecular formula is C16H23N3O2S. The van der Waals surface area contributed by atoms with Gasteiger partial charge in [-0.25, -0.2) is 8.42 Å². The molecule has 1 aliphatic carbocycles. The second-order valence-corrected chi connectivity index (χ2v) is 7.29. The van der Waals surface area contributed by atoms with Crippen LogP contribution in [-0.2, 0) is 9.84 Å². The molecule has 6 heteroatoms. The average molecular weight is 321 g/mol. The predicted molar refractivity (Wildman–Crippen MR) is 89.8 cm³/mol. The van der Waals surface area contributed by atoms with Crippen LogP contribution in [0.1, 0.15) is 19.8 Å². The predicted octanol–water partition coefficient (Wildman–Crippen LogP) is 1.73. The van der Waals surface area contributed by atoms with Gasteiger partial charge in [0.15, 0.2) is 15.8 Å². The van der Waals surface area contributed by atoms with Crippen LogP contribution in [0.25, 0.3) is 0 Å². The highest BCUT2D eigenvalue weighted by molar-refractivity contribution is 7.91. The highest BCUT2D eigenvalue weighted by atomic mass is 32.2. The van der Waals surface area contributed by atoms with Crippen molar-refractivity contribution in [1.29, 1.82) is 0 Å². The molecule has 0 atom stereocenters. The molecule has 1 aromatic carbocycles. The Balaban J connectivity index is 1.92. The first-order valence-electron chi connectivity index (χ1n) is 7.59. The van der Waals surface area contributed by atoms with Gasteiger partial charge in [0.25, 0.3) is 0 Å². The van der Waals surface area contributed by atoms with E-state index in [-0.39, 0.29) is 12.3 Å². The van der Waals surface area contributed by atoms with E-state index < -0.39 is 9.84 Å². The third-order valence-electron chi connectivity index (χ3n) is 3.43. The van der Waals surface area contributed by atoms with Gasteiger partial charge in [-0.15, -0.1) is 0 Å². The van der Waals surface area contributed by atoms with Crippen LogP contribution in [0.5, 0.6) is 0 Å². The monoisotopic (exact) mass is 321 g/mol. The Morgan fingerprint density at radius 1 is 1.23 bits per heavy atom. The SMILES string of the molecule is CCNC(=NCCS(=O)(=O)c1ccccc1)NC1CC=CC1. The quantitative estimate of drug-likeness (QED) is 0.476. The maximum Gasteiger partial charge on any atom is 0.191 e. The summed E-state index contributed by atoms with van der Waals surface area (Å²) >= 11 is 0. The van der Waals surface area contributed by atoms with Crippen LogP contribution in [0.2, 0.25) is 0 Å². The maximum atomic E-state index is 12.2. The molecular weight excluding hydrogens is 298 g/mol. The zero-order chi connectivity index (χ0) is 15.8. The Bertz CT molecular complexity index is 616. The molecule has 5 nitrogen and oxygen atoms in total. The fourth-order valence-corrected chi connectivity index (χ4v) is 3.41. The fraction of sp³-hybridized carbons (Fsp3) is 0.438. The van der Waals surface area contributed by atoms with E-state index in [9.17, 15) is 8.42 Å². The second kappa shape index (κ2) is 7.98. The van der Waals surface area contributed by atoms with E-state index in [1.54, 1.807) is 30.3 Å². The number of nitrogens with one attached hydrogen (secondary N) is 2. The van der Waals surface area contributed by atoms with Crippen molar-refractivity contribution in [2.24, 2.45) is 4.99 Å². The fourth-order valence-electron chi connectivity index (χ4n) is 2.27. The summed E-state index contributed by atoms with van der Waals surface area (Å²) in [5.74, 6) is 0.690. The normalized spacial score (nSPS) is 16.0. The molecule has 1 aromatic rings. The van der Waals surface area contributed by atoms with Gasteiger partial charge in [0.1, 0.15) is 0 Å². The van der Waals surface area contributed by atoms with Gasteiger partial charge in [-0.2, -0.15) is 0 Å². The summed E-state index contributed by atoms with van der Waals surface area (Å²) in [7, 11) is -3.27. The molecule has 0 bridgehead atoms. The first-order chi connectivity index (χ1) is 10.6. The smallest absolute Gasteiger partial charge is 0.191 e. The van der Waals surface area contributed by atoms with Crippen LogP contribution in [-0.4, -0.2) is 39.3 Å². The van der Waals surface area contributed by atoms with Crippen LogP contribution in [0, 0.1) is 0 Å². The lowest BCUT2D eigenvalue weighted by molar-refractivity contribution is 0.595. The van der Waals surface area contributed by atoms with Crippen LogP contribution >= 0.6 is 0 Å². The second-order valence-electron chi connectivity index (χ2n) is 5.18. The molecule has 1 aliphatic rings. The standard InChI is InChI=1S/C16H23N3O2S/c1-2-17-16(19-14-8-6-7-9-14)18-12-13-22(20,21)15-10-4-3-5-11-15/h3-7,10-11,14H,2,8-9,12-13H2,1H3,(H2,17,18,19). The highest BCUT2D eigenvalue weighted by Crippen LogP contribution is 2.10. The van der Waals surface area contributed by atoms with Gasteiger partial charge in [-0.3, -0.25) is 4.99 Å². The van der Waals surface area contributed by atoms with E-state index in [0.29, 0.717) is 16.9 Å². The molecule has 0 fully saturated rings. The van der Waals surface area contributed by atoms with E-state index in [0.717, 1.165) is 19.4 Å². The first kappa shape index (κ1) is 16.5. The number of hydrogen-bond donors (Lipinski definition) is 2. The molecule has 2 rings (SSSR count). The molecule has 0 saturated carbocycles. The van der Waals surface area contributed by atoms with Crippen LogP contribution in [0.15, 0.2) is 52.4 Å². The molecule has 0 amide bonds. The number of sulfone groups is 1. The van der Waals surface area contributed by atoms with E-state index in [1.807, 2.05) is 6.92 Å². The summed E-state index contributed by atoms with van der Waals surface area (Å²) in [5.41, 5.74) is 0.